The molecule has 0 N–H and O–H groups in total. The molecule has 0 fully saturated rings. The molecule has 0 atom stereocenters. The predicted octanol–water partition coefficient (Wildman–Crippen LogP) is 13.4. The highest BCUT2D eigenvalue weighted by atomic mass is 15.1. The van der Waals surface area contributed by atoms with Gasteiger partial charge >= 0.3 is 0 Å². The standard InChI is InChI=1S/C46H48N2/c1-29-15-30(2)20-41(19-29)47(42-21-31(3)16-32(4)22-42)39-11-13-45(37(9)27-39)46-14-12-40(28-38(46)10)48(43-23-33(5)17-34(6)24-43)44-25-35(7)18-36(8)26-44/h11-28H,1-10H3. The monoisotopic (exact) mass is 628 g/mol. The van der Waals surface area contributed by atoms with Crippen LogP contribution in [-0.4, -0.2) is 0 Å². The lowest BCUT2D eigenvalue weighted by atomic mass is 9.95. The third-order valence-electron chi connectivity index (χ3n) is 9.09. The Morgan fingerprint density at radius 3 is 0.688 bits per heavy atom. The fourth-order valence-electron chi connectivity index (χ4n) is 7.39. The van der Waals surface area contributed by atoms with Crippen LogP contribution in [0.15, 0.2) is 109 Å². The van der Waals surface area contributed by atoms with Gasteiger partial charge in [0.1, 0.15) is 0 Å². The number of nitrogens with zero attached hydrogens (tertiary/aromatic N) is 2. The van der Waals surface area contributed by atoms with Crippen molar-refractivity contribution in [3.05, 3.63) is 165 Å². The Bertz CT molecular complexity index is 1810. The van der Waals surface area contributed by atoms with Gasteiger partial charge in [0.2, 0.25) is 0 Å². The molecule has 0 aliphatic rings. The second-order valence-electron chi connectivity index (χ2n) is 14.1. The number of hydrogen-bond donors (Lipinski definition) is 0. The molecule has 0 spiro atoms. The summed E-state index contributed by atoms with van der Waals surface area (Å²) in [6, 6.07) is 41.1. The van der Waals surface area contributed by atoms with Gasteiger partial charge in [0.15, 0.2) is 0 Å². The number of rotatable bonds is 7. The summed E-state index contributed by atoms with van der Waals surface area (Å²) in [5, 5.41) is 0. The third-order valence-corrected chi connectivity index (χ3v) is 9.09. The van der Waals surface area contributed by atoms with E-state index in [1.807, 2.05) is 0 Å². The molecule has 2 nitrogen and oxygen atoms in total. The number of aryl methyl sites for hydroxylation is 10. The zero-order valence-corrected chi connectivity index (χ0v) is 30.3. The summed E-state index contributed by atoms with van der Waals surface area (Å²) in [6.45, 7) is 21.9. The molecule has 242 valence electrons. The van der Waals surface area contributed by atoms with Gasteiger partial charge in [-0.3, -0.25) is 0 Å². The first-order valence-electron chi connectivity index (χ1n) is 17.0. The smallest absolute Gasteiger partial charge is 0.0466 e. The second-order valence-corrected chi connectivity index (χ2v) is 14.1. The molecule has 0 saturated heterocycles. The Morgan fingerprint density at radius 1 is 0.250 bits per heavy atom. The lowest BCUT2D eigenvalue weighted by molar-refractivity contribution is 1.22. The second kappa shape index (κ2) is 13.2. The van der Waals surface area contributed by atoms with Gasteiger partial charge in [-0.05, 0) is 209 Å². The van der Waals surface area contributed by atoms with Crippen LogP contribution in [0.1, 0.15) is 55.6 Å². The summed E-state index contributed by atoms with van der Waals surface area (Å²) in [5.74, 6) is 0. The van der Waals surface area contributed by atoms with Gasteiger partial charge in [-0.2, -0.15) is 0 Å². The minimum atomic E-state index is 1.16. The first kappa shape index (κ1) is 32.8. The molecule has 0 unspecified atom stereocenters. The largest absolute Gasteiger partial charge is 0.310 e. The van der Waals surface area contributed by atoms with Crippen LogP contribution in [-0.2, 0) is 0 Å². The van der Waals surface area contributed by atoms with Crippen molar-refractivity contribution >= 4 is 34.1 Å². The van der Waals surface area contributed by atoms with Crippen LogP contribution in [0.2, 0.25) is 0 Å². The summed E-state index contributed by atoms with van der Waals surface area (Å²) in [4.78, 5) is 4.80. The van der Waals surface area contributed by atoms with E-state index < -0.39 is 0 Å². The van der Waals surface area contributed by atoms with Gasteiger partial charge in [-0.25, -0.2) is 0 Å². The Labute approximate surface area is 288 Å². The van der Waals surface area contributed by atoms with Crippen LogP contribution in [0, 0.1) is 69.2 Å². The highest BCUT2D eigenvalue weighted by Gasteiger charge is 2.19. The van der Waals surface area contributed by atoms with Crippen molar-refractivity contribution in [2.24, 2.45) is 0 Å². The topological polar surface area (TPSA) is 6.48 Å². The van der Waals surface area contributed by atoms with E-state index >= 15 is 0 Å². The van der Waals surface area contributed by atoms with Crippen LogP contribution in [0.3, 0.4) is 0 Å². The summed E-state index contributed by atoms with van der Waals surface area (Å²) >= 11 is 0. The number of benzene rings is 6. The molecule has 48 heavy (non-hydrogen) atoms. The van der Waals surface area contributed by atoms with Crippen LogP contribution in [0.4, 0.5) is 34.1 Å². The van der Waals surface area contributed by atoms with Gasteiger partial charge in [0.05, 0.1) is 0 Å². The molecule has 0 aliphatic carbocycles. The zero-order chi connectivity index (χ0) is 34.3. The van der Waals surface area contributed by atoms with Gasteiger partial charge in [0.25, 0.3) is 0 Å². The maximum absolute atomic E-state index is 2.40. The van der Waals surface area contributed by atoms with Crippen LogP contribution in [0.25, 0.3) is 11.1 Å². The molecular formula is C46H48N2. The van der Waals surface area contributed by atoms with Gasteiger partial charge < -0.3 is 9.80 Å². The Kier molecular flexibility index (Phi) is 9.03. The summed E-state index contributed by atoms with van der Waals surface area (Å²) in [5.41, 5.74) is 22.2. The fraction of sp³-hybridized carbons (Fsp3) is 0.217. The van der Waals surface area contributed by atoms with E-state index in [9.17, 15) is 0 Å². The van der Waals surface area contributed by atoms with E-state index in [4.69, 9.17) is 0 Å². The van der Waals surface area contributed by atoms with E-state index in [1.165, 1.54) is 89.5 Å². The molecule has 6 aromatic rings. The summed E-state index contributed by atoms with van der Waals surface area (Å²) in [6.07, 6.45) is 0. The average Bonchev–Trinajstić information content (AvgIpc) is 2.96. The molecule has 0 heterocycles. The lowest BCUT2D eigenvalue weighted by Crippen LogP contribution is -2.12. The highest BCUT2D eigenvalue weighted by molar-refractivity contribution is 5.84. The average molecular weight is 629 g/mol. The molecule has 6 rings (SSSR count). The summed E-state index contributed by atoms with van der Waals surface area (Å²) in [7, 11) is 0. The van der Waals surface area contributed by atoms with Crippen LogP contribution in [0.5, 0.6) is 0 Å². The minimum absolute atomic E-state index is 1.16. The highest BCUT2D eigenvalue weighted by Crippen LogP contribution is 2.41. The molecule has 0 saturated carbocycles. The molecule has 0 bridgehead atoms. The first-order chi connectivity index (χ1) is 22.8. The van der Waals surface area contributed by atoms with Crippen molar-refractivity contribution in [1.82, 2.24) is 0 Å². The SMILES string of the molecule is Cc1cc(C)cc(N(c2cc(C)cc(C)c2)c2ccc(-c3ccc(N(c4cc(C)cc(C)c4)c4cc(C)cc(C)c4)cc3C)c(C)c2)c1. The first-order valence-corrected chi connectivity index (χ1v) is 17.0. The van der Waals surface area contributed by atoms with Crippen molar-refractivity contribution in [3.8, 4) is 11.1 Å². The van der Waals surface area contributed by atoms with E-state index in [2.05, 4.69) is 188 Å². The van der Waals surface area contributed by atoms with Crippen LogP contribution >= 0.6 is 0 Å². The van der Waals surface area contributed by atoms with Crippen molar-refractivity contribution in [3.63, 3.8) is 0 Å². The predicted molar refractivity (Wildman–Crippen MR) is 209 cm³/mol. The molecule has 0 radical (unpaired) electrons. The van der Waals surface area contributed by atoms with Crippen molar-refractivity contribution < 1.29 is 0 Å². The van der Waals surface area contributed by atoms with E-state index in [0.717, 1.165) is 11.4 Å². The Morgan fingerprint density at radius 2 is 0.479 bits per heavy atom. The maximum Gasteiger partial charge on any atom is 0.0466 e. The fourth-order valence-corrected chi connectivity index (χ4v) is 7.39. The van der Waals surface area contributed by atoms with Crippen molar-refractivity contribution in [2.75, 3.05) is 9.80 Å². The van der Waals surface area contributed by atoms with E-state index in [-0.39, 0.29) is 0 Å². The minimum Gasteiger partial charge on any atom is -0.310 e. The number of anilines is 6. The van der Waals surface area contributed by atoms with Gasteiger partial charge in [0, 0.05) is 34.1 Å². The maximum atomic E-state index is 2.40. The Hall–Kier alpha value is -5.08. The normalized spacial score (nSPS) is 11.1. The molecule has 2 heteroatoms. The zero-order valence-electron chi connectivity index (χ0n) is 30.3. The number of hydrogen-bond acceptors (Lipinski definition) is 2. The quantitative estimate of drug-likeness (QED) is 0.174. The van der Waals surface area contributed by atoms with Gasteiger partial charge in [-0.15, -0.1) is 0 Å². The summed E-state index contributed by atoms with van der Waals surface area (Å²) < 4.78 is 0. The lowest BCUT2D eigenvalue weighted by Gasteiger charge is -2.28. The Balaban J connectivity index is 1.44. The third kappa shape index (κ3) is 6.94. The molecule has 0 aromatic heterocycles. The molecular weight excluding hydrogens is 581 g/mol. The van der Waals surface area contributed by atoms with Crippen molar-refractivity contribution in [1.29, 1.82) is 0 Å². The van der Waals surface area contributed by atoms with E-state index in [1.54, 1.807) is 0 Å². The molecule has 6 aromatic carbocycles. The van der Waals surface area contributed by atoms with Gasteiger partial charge in [-0.1, -0.05) is 36.4 Å². The molecule has 0 amide bonds. The molecule has 0 aliphatic heterocycles. The van der Waals surface area contributed by atoms with Crippen LogP contribution < -0.4 is 9.80 Å². The van der Waals surface area contributed by atoms with Crippen molar-refractivity contribution in [2.45, 2.75) is 69.2 Å². The van der Waals surface area contributed by atoms with E-state index in [0.29, 0.717) is 0 Å².